The molecule has 0 heterocycles. The van der Waals surface area contributed by atoms with Crippen LogP contribution in [0.5, 0.6) is 0 Å². The zero-order chi connectivity index (χ0) is 19.1. The van der Waals surface area contributed by atoms with E-state index in [1.807, 2.05) is 63.2 Å². The van der Waals surface area contributed by atoms with Crippen LogP contribution in [0.15, 0.2) is 48.2 Å². The largest absolute Gasteiger partial charge is 0.389 e. The summed E-state index contributed by atoms with van der Waals surface area (Å²) < 4.78 is 0. The van der Waals surface area contributed by atoms with Gasteiger partial charge in [0, 0.05) is 23.5 Å². The van der Waals surface area contributed by atoms with Gasteiger partial charge < -0.3 is 10.6 Å². The fraction of sp³-hybridized carbons (Fsp3) is 0.238. The number of rotatable bonds is 6. The minimum absolute atomic E-state index is 0.0421. The molecule has 0 radical (unpaired) electrons. The number of nitrogens with one attached hydrogen (secondary N) is 2. The smallest absolute Gasteiger partial charge is 0.267 e. The SMILES string of the molecule is Cc1cc(C)c(NC(=O)/C(C#N)=C\NCCc2ccc(Cl)cc2)c(C)c1. The van der Waals surface area contributed by atoms with Crippen LogP contribution in [0.1, 0.15) is 22.3 Å². The van der Waals surface area contributed by atoms with E-state index >= 15 is 0 Å². The van der Waals surface area contributed by atoms with E-state index in [2.05, 4.69) is 10.6 Å². The number of benzene rings is 2. The van der Waals surface area contributed by atoms with Gasteiger partial charge in [-0.05, 0) is 56.0 Å². The summed E-state index contributed by atoms with van der Waals surface area (Å²) in [6.45, 7) is 6.50. The van der Waals surface area contributed by atoms with E-state index in [-0.39, 0.29) is 5.57 Å². The summed E-state index contributed by atoms with van der Waals surface area (Å²) in [5, 5.41) is 15.8. The van der Waals surface area contributed by atoms with Crippen molar-refractivity contribution in [3.8, 4) is 6.07 Å². The van der Waals surface area contributed by atoms with Gasteiger partial charge in [0.25, 0.3) is 5.91 Å². The van der Waals surface area contributed by atoms with Crippen LogP contribution in [0.2, 0.25) is 5.02 Å². The van der Waals surface area contributed by atoms with Gasteiger partial charge >= 0.3 is 0 Å². The lowest BCUT2D eigenvalue weighted by Gasteiger charge is -2.12. The lowest BCUT2D eigenvalue weighted by molar-refractivity contribution is -0.112. The van der Waals surface area contributed by atoms with E-state index in [4.69, 9.17) is 11.6 Å². The number of carbonyl (C=O) groups excluding carboxylic acids is 1. The highest BCUT2D eigenvalue weighted by Crippen LogP contribution is 2.22. The van der Waals surface area contributed by atoms with Crippen molar-refractivity contribution in [3.05, 3.63) is 75.4 Å². The van der Waals surface area contributed by atoms with Crippen LogP contribution in [0.4, 0.5) is 5.69 Å². The van der Waals surface area contributed by atoms with Gasteiger partial charge in [0.15, 0.2) is 0 Å². The third kappa shape index (κ3) is 5.37. The molecule has 2 aromatic rings. The molecule has 26 heavy (non-hydrogen) atoms. The Morgan fingerprint density at radius 1 is 1.15 bits per heavy atom. The Hall–Kier alpha value is -2.77. The Bertz CT molecular complexity index is 841. The number of halogens is 1. The second kappa shape index (κ2) is 9.07. The van der Waals surface area contributed by atoms with Crippen molar-refractivity contribution in [1.29, 1.82) is 5.26 Å². The molecule has 0 atom stereocenters. The second-order valence-corrected chi connectivity index (χ2v) is 6.66. The van der Waals surface area contributed by atoms with Gasteiger partial charge in [-0.25, -0.2) is 0 Å². The van der Waals surface area contributed by atoms with E-state index in [1.165, 1.54) is 6.20 Å². The molecule has 0 unspecified atom stereocenters. The third-order valence-electron chi connectivity index (χ3n) is 4.00. The summed E-state index contributed by atoms with van der Waals surface area (Å²) in [4.78, 5) is 12.4. The highest BCUT2D eigenvalue weighted by Gasteiger charge is 2.12. The molecule has 0 aliphatic heterocycles. The average Bonchev–Trinajstić information content (AvgIpc) is 2.59. The Morgan fingerprint density at radius 2 is 1.77 bits per heavy atom. The summed E-state index contributed by atoms with van der Waals surface area (Å²) in [7, 11) is 0. The normalized spacial score (nSPS) is 11.0. The maximum atomic E-state index is 12.4. The van der Waals surface area contributed by atoms with Gasteiger partial charge in [0.2, 0.25) is 0 Å². The van der Waals surface area contributed by atoms with E-state index in [0.717, 1.165) is 34.4 Å². The molecular formula is C21H22ClN3O. The van der Waals surface area contributed by atoms with Crippen molar-refractivity contribution in [2.45, 2.75) is 27.2 Å². The molecule has 0 spiro atoms. The number of aryl methyl sites for hydroxylation is 3. The summed E-state index contributed by atoms with van der Waals surface area (Å²) in [6, 6.07) is 13.5. The first-order chi connectivity index (χ1) is 12.4. The summed E-state index contributed by atoms with van der Waals surface area (Å²) in [5.74, 6) is -0.415. The van der Waals surface area contributed by atoms with Gasteiger partial charge in [-0.2, -0.15) is 5.26 Å². The molecule has 2 aromatic carbocycles. The number of carbonyl (C=O) groups is 1. The zero-order valence-electron chi connectivity index (χ0n) is 15.2. The Labute approximate surface area is 159 Å². The molecule has 0 saturated heterocycles. The number of nitriles is 1. The van der Waals surface area contributed by atoms with Gasteiger partial charge in [-0.1, -0.05) is 41.4 Å². The van der Waals surface area contributed by atoms with Crippen molar-refractivity contribution in [2.75, 3.05) is 11.9 Å². The minimum atomic E-state index is -0.415. The van der Waals surface area contributed by atoms with Crippen molar-refractivity contribution < 1.29 is 4.79 Å². The molecule has 0 bridgehead atoms. The van der Waals surface area contributed by atoms with Gasteiger partial charge in [-0.15, -0.1) is 0 Å². The van der Waals surface area contributed by atoms with Crippen molar-refractivity contribution in [3.63, 3.8) is 0 Å². The van der Waals surface area contributed by atoms with E-state index < -0.39 is 5.91 Å². The van der Waals surface area contributed by atoms with Gasteiger partial charge in [-0.3, -0.25) is 4.79 Å². The third-order valence-corrected chi connectivity index (χ3v) is 4.25. The van der Waals surface area contributed by atoms with Crippen molar-refractivity contribution in [2.24, 2.45) is 0 Å². The molecule has 4 nitrogen and oxygen atoms in total. The molecule has 2 N–H and O–H groups in total. The number of hydrogen-bond acceptors (Lipinski definition) is 3. The Kier molecular flexibility index (Phi) is 6.82. The predicted molar refractivity (Wildman–Crippen MR) is 106 cm³/mol. The number of anilines is 1. The molecule has 2 rings (SSSR count). The Morgan fingerprint density at radius 3 is 2.35 bits per heavy atom. The van der Waals surface area contributed by atoms with Crippen molar-refractivity contribution in [1.82, 2.24) is 5.32 Å². The first kappa shape index (κ1) is 19.6. The quantitative estimate of drug-likeness (QED) is 0.450. The Balaban J connectivity index is 1.97. The number of amides is 1. The summed E-state index contributed by atoms with van der Waals surface area (Å²) in [5.41, 5.74) is 5.01. The molecule has 5 heteroatoms. The zero-order valence-corrected chi connectivity index (χ0v) is 15.9. The average molecular weight is 368 g/mol. The van der Waals surface area contributed by atoms with Crippen LogP contribution in [-0.4, -0.2) is 12.5 Å². The monoisotopic (exact) mass is 367 g/mol. The maximum absolute atomic E-state index is 12.4. The van der Waals surface area contributed by atoms with Crippen LogP contribution in [0, 0.1) is 32.1 Å². The van der Waals surface area contributed by atoms with Crippen LogP contribution in [0.25, 0.3) is 0 Å². The molecule has 0 aliphatic rings. The highest BCUT2D eigenvalue weighted by molar-refractivity contribution is 6.30. The lowest BCUT2D eigenvalue weighted by atomic mass is 10.0. The molecule has 0 aliphatic carbocycles. The first-order valence-corrected chi connectivity index (χ1v) is 8.76. The van der Waals surface area contributed by atoms with Crippen molar-refractivity contribution >= 4 is 23.2 Å². The topological polar surface area (TPSA) is 64.9 Å². The standard InChI is InChI=1S/C21H22ClN3O/c1-14-10-15(2)20(16(3)11-14)25-21(26)18(12-23)13-24-9-8-17-4-6-19(22)7-5-17/h4-7,10-11,13,24H,8-9H2,1-3H3,(H,25,26)/b18-13-. The molecule has 0 fully saturated rings. The van der Waals surface area contributed by atoms with Gasteiger partial charge in [0.1, 0.15) is 11.6 Å². The van der Waals surface area contributed by atoms with Crippen LogP contribution >= 0.6 is 11.6 Å². The van der Waals surface area contributed by atoms with Crippen LogP contribution in [-0.2, 0) is 11.2 Å². The number of nitrogens with zero attached hydrogens (tertiary/aromatic N) is 1. The molecule has 0 saturated carbocycles. The highest BCUT2D eigenvalue weighted by atomic mass is 35.5. The maximum Gasteiger partial charge on any atom is 0.267 e. The minimum Gasteiger partial charge on any atom is -0.389 e. The summed E-state index contributed by atoms with van der Waals surface area (Å²) >= 11 is 5.86. The molecule has 0 aromatic heterocycles. The van der Waals surface area contributed by atoms with Crippen LogP contribution < -0.4 is 10.6 Å². The molecule has 134 valence electrons. The predicted octanol–water partition coefficient (Wildman–Crippen LogP) is 4.44. The molecule has 1 amide bonds. The fourth-order valence-corrected chi connectivity index (χ4v) is 2.87. The van der Waals surface area contributed by atoms with E-state index in [9.17, 15) is 10.1 Å². The van der Waals surface area contributed by atoms with Crippen LogP contribution in [0.3, 0.4) is 0 Å². The fourth-order valence-electron chi connectivity index (χ4n) is 2.75. The lowest BCUT2D eigenvalue weighted by Crippen LogP contribution is -2.19. The molecular weight excluding hydrogens is 346 g/mol. The first-order valence-electron chi connectivity index (χ1n) is 8.38. The second-order valence-electron chi connectivity index (χ2n) is 6.23. The van der Waals surface area contributed by atoms with Gasteiger partial charge in [0.05, 0.1) is 0 Å². The summed E-state index contributed by atoms with van der Waals surface area (Å²) in [6.07, 6.45) is 2.23. The van der Waals surface area contributed by atoms with E-state index in [0.29, 0.717) is 11.6 Å². The number of hydrogen-bond donors (Lipinski definition) is 2. The van der Waals surface area contributed by atoms with E-state index in [1.54, 1.807) is 0 Å².